The Morgan fingerprint density at radius 2 is 2.23 bits per heavy atom. The molecule has 0 spiro atoms. The molecule has 0 aliphatic carbocycles. The first-order chi connectivity index (χ1) is 6.33. The molecule has 0 atom stereocenters. The van der Waals surface area contributed by atoms with E-state index in [1.807, 2.05) is 24.9 Å². The second-order valence-electron chi connectivity index (χ2n) is 2.65. The number of hydrogen-bond donors (Lipinski definition) is 3. The molecule has 0 radical (unpaired) electrons. The van der Waals surface area contributed by atoms with E-state index >= 15 is 0 Å². The van der Waals surface area contributed by atoms with Gasteiger partial charge in [0.15, 0.2) is 0 Å². The summed E-state index contributed by atoms with van der Waals surface area (Å²) in [6, 6.07) is 2.01. The van der Waals surface area contributed by atoms with E-state index in [2.05, 4.69) is 35.1 Å². The molecule has 2 heterocycles. The normalized spacial score (nSPS) is 10.0. The number of thiol groups is 2. The van der Waals surface area contributed by atoms with Crippen LogP contribution in [0, 0.1) is 0 Å². The van der Waals surface area contributed by atoms with Gasteiger partial charge >= 0.3 is 87.7 Å². The molecule has 2 aromatic heterocycles. The van der Waals surface area contributed by atoms with Crippen molar-refractivity contribution < 1.29 is 0 Å². The van der Waals surface area contributed by atoms with Crippen LogP contribution >= 0.6 is 25.4 Å². The zero-order valence-electron chi connectivity index (χ0n) is 6.73. The van der Waals surface area contributed by atoms with Crippen molar-refractivity contribution in [2.24, 2.45) is 0 Å². The maximum atomic E-state index is 4.32. The molecular formula is C8H7BN2S2. The summed E-state index contributed by atoms with van der Waals surface area (Å²) < 4.78 is 2.75. The molecule has 5 heteroatoms. The van der Waals surface area contributed by atoms with Gasteiger partial charge in [0.25, 0.3) is 0 Å². The number of hydrogen-bond acceptors (Lipinski definition) is 4. The van der Waals surface area contributed by atoms with Crippen LogP contribution < -0.4 is 4.72 Å². The number of nitrogens with zero attached hydrogens (tertiary/aromatic N) is 1. The van der Waals surface area contributed by atoms with E-state index in [4.69, 9.17) is 0 Å². The molecule has 0 saturated heterocycles. The van der Waals surface area contributed by atoms with Crippen molar-refractivity contribution in [3.05, 3.63) is 24.2 Å². The van der Waals surface area contributed by atoms with E-state index in [0.717, 1.165) is 21.5 Å². The summed E-state index contributed by atoms with van der Waals surface area (Å²) in [5, 5.41) is 2.11. The van der Waals surface area contributed by atoms with E-state index in [9.17, 15) is 0 Å². The van der Waals surface area contributed by atoms with Crippen LogP contribution in [0.4, 0.5) is 5.82 Å². The van der Waals surface area contributed by atoms with Crippen molar-refractivity contribution in [1.82, 2.24) is 4.98 Å². The van der Waals surface area contributed by atoms with Crippen LogP contribution in [-0.2, 0) is 0 Å². The van der Waals surface area contributed by atoms with Gasteiger partial charge in [-0.2, -0.15) is 0 Å². The topological polar surface area (TPSA) is 24.9 Å². The van der Waals surface area contributed by atoms with Gasteiger partial charge in [0.1, 0.15) is 0 Å². The molecule has 13 heavy (non-hydrogen) atoms. The number of nitrogens with one attached hydrogen (secondary N) is 1. The van der Waals surface area contributed by atoms with Crippen LogP contribution in [0.5, 0.6) is 0 Å². The van der Waals surface area contributed by atoms with Crippen LogP contribution in [0.2, 0.25) is 0 Å². The zero-order valence-corrected chi connectivity index (χ0v) is 8.52. The van der Waals surface area contributed by atoms with E-state index in [1.54, 1.807) is 6.20 Å². The molecule has 0 bridgehead atoms. The first-order valence-electron chi connectivity index (χ1n) is 3.80. The van der Waals surface area contributed by atoms with Gasteiger partial charge in [-0.3, -0.25) is 0 Å². The molecule has 0 fully saturated rings. The molecule has 0 aliphatic rings. The number of pyridine rings is 1. The Morgan fingerprint density at radius 1 is 1.38 bits per heavy atom. The fourth-order valence-corrected chi connectivity index (χ4v) is 1.70. The standard InChI is InChI=1S/C8H7BN2S2/c12-7-4-10-8(11-13)6-3-9-2-1-5(6)7/h1-4,12-13H,(H,10,11). The molecule has 0 amide bonds. The van der Waals surface area contributed by atoms with Crippen LogP contribution in [0.1, 0.15) is 0 Å². The Labute approximate surface area is 87.9 Å². The van der Waals surface area contributed by atoms with Gasteiger partial charge in [-0.25, -0.2) is 0 Å². The quantitative estimate of drug-likeness (QED) is 0.623. The van der Waals surface area contributed by atoms with Gasteiger partial charge < -0.3 is 0 Å². The molecule has 1 N–H and O–H groups in total. The van der Waals surface area contributed by atoms with Crippen molar-refractivity contribution in [3.8, 4) is 0 Å². The minimum atomic E-state index is 0.761. The third-order valence-electron chi connectivity index (χ3n) is 1.88. The Morgan fingerprint density at radius 3 is 3.00 bits per heavy atom. The summed E-state index contributed by atoms with van der Waals surface area (Å²) in [6.07, 6.45) is 1.71. The van der Waals surface area contributed by atoms with Crippen LogP contribution in [0.3, 0.4) is 0 Å². The van der Waals surface area contributed by atoms with Crippen molar-refractivity contribution in [2.75, 3.05) is 4.72 Å². The predicted octanol–water partition coefficient (Wildman–Crippen LogP) is 2.12. The second-order valence-corrected chi connectivity index (χ2v) is 3.35. The molecule has 2 rings (SSSR count). The Hall–Kier alpha value is -0.675. The van der Waals surface area contributed by atoms with Crippen molar-refractivity contribution in [1.29, 1.82) is 0 Å². The average molecular weight is 206 g/mol. The zero-order chi connectivity index (χ0) is 9.26. The van der Waals surface area contributed by atoms with Gasteiger partial charge in [-0.05, 0) is 0 Å². The third-order valence-corrected chi connectivity index (χ3v) is 2.45. The first kappa shape index (κ1) is 8.90. The van der Waals surface area contributed by atoms with Crippen molar-refractivity contribution in [2.45, 2.75) is 4.90 Å². The van der Waals surface area contributed by atoms with E-state index in [0.29, 0.717) is 0 Å². The van der Waals surface area contributed by atoms with E-state index in [-0.39, 0.29) is 0 Å². The summed E-state index contributed by atoms with van der Waals surface area (Å²) >= 11 is 8.30. The van der Waals surface area contributed by atoms with Crippen LogP contribution in [0.25, 0.3) is 10.8 Å². The second kappa shape index (κ2) is 3.60. The monoisotopic (exact) mass is 206 g/mol. The number of fused-ring (bicyclic) bond motifs is 1. The Kier molecular flexibility index (Phi) is 2.46. The van der Waals surface area contributed by atoms with Gasteiger partial charge in [-0.15, -0.1) is 0 Å². The van der Waals surface area contributed by atoms with Crippen molar-refractivity contribution >= 4 is 48.9 Å². The summed E-state index contributed by atoms with van der Waals surface area (Å²) in [6.45, 7) is 1.96. The van der Waals surface area contributed by atoms with Gasteiger partial charge in [-0.1, -0.05) is 0 Å². The number of aromatic nitrogens is 1. The van der Waals surface area contributed by atoms with Crippen LogP contribution in [-0.4, -0.2) is 11.9 Å². The molecule has 64 valence electrons. The van der Waals surface area contributed by atoms with Gasteiger partial charge in [0, 0.05) is 0 Å². The third kappa shape index (κ3) is 1.54. The summed E-state index contributed by atoms with van der Waals surface area (Å²) in [5.74, 6) is 4.72. The van der Waals surface area contributed by atoms with Crippen LogP contribution in [0.15, 0.2) is 29.1 Å². The molecule has 0 unspecified atom stereocenters. The Bertz CT molecular complexity index is 447. The SMILES string of the molecule is SNc1ncc(S)c2ccbcc12. The molecular weight excluding hydrogens is 199 g/mol. The van der Waals surface area contributed by atoms with Crippen molar-refractivity contribution in [3.63, 3.8) is 0 Å². The maximum absolute atomic E-state index is 4.32. The van der Waals surface area contributed by atoms with E-state index < -0.39 is 0 Å². The van der Waals surface area contributed by atoms with Gasteiger partial charge in [0.05, 0.1) is 0 Å². The number of rotatable bonds is 1. The fraction of sp³-hybridized carbons (Fsp3) is 0. The summed E-state index contributed by atoms with van der Waals surface area (Å²) in [5.41, 5.74) is 0. The van der Waals surface area contributed by atoms with E-state index in [1.165, 1.54) is 0 Å². The molecule has 2 aromatic rings. The number of anilines is 1. The fourth-order valence-electron chi connectivity index (χ4n) is 1.27. The van der Waals surface area contributed by atoms with Gasteiger partial charge in [0.2, 0.25) is 0 Å². The molecule has 0 aromatic carbocycles. The minimum absolute atomic E-state index is 0.761. The Balaban J connectivity index is 2.84. The predicted molar refractivity (Wildman–Crippen MR) is 63.0 cm³/mol. The average Bonchev–Trinajstić information content (AvgIpc) is 2.19. The molecule has 0 aliphatic heterocycles. The summed E-state index contributed by atoms with van der Waals surface area (Å²) in [4.78, 5) is 5.04. The molecule has 2 nitrogen and oxygen atoms in total. The molecule has 0 saturated carbocycles. The first-order valence-corrected chi connectivity index (χ1v) is 4.69. The summed E-state index contributed by atoms with van der Waals surface area (Å²) in [7, 11) is 0.